The number of para-hydroxylation sites is 1. The average molecular weight is 306 g/mol. The molecule has 3 nitrogen and oxygen atoms in total. The first-order valence-electron chi connectivity index (χ1n) is 7.97. The minimum Gasteiger partial charge on any atom is -0.378 e. The first-order valence-corrected chi connectivity index (χ1v) is 7.97. The number of nitrogens with one attached hydrogen (secondary N) is 1. The molecule has 3 rings (SSSR count). The maximum absolute atomic E-state index is 12.5. The number of anilines is 1. The van der Waals surface area contributed by atoms with E-state index in [1.165, 1.54) is 5.56 Å². The predicted molar refractivity (Wildman–Crippen MR) is 96.3 cm³/mol. The lowest BCUT2D eigenvalue weighted by molar-refractivity contribution is 0.101. The van der Waals surface area contributed by atoms with Crippen LogP contribution in [0, 0.1) is 0 Å². The van der Waals surface area contributed by atoms with E-state index in [1.54, 1.807) is 0 Å². The van der Waals surface area contributed by atoms with E-state index in [2.05, 4.69) is 31.3 Å². The Kier molecular flexibility index (Phi) is 4.20. The Morgan fingerprint density at radius 1 is 1.09 bits per heavy atom. The lowest BCUT2D eigenvalue weighted by Crippen LogP contribution is -2.13. The largest absolute Gasteiger partial charge is 0.378 e. The average Bonchev–Trinajstić information content (AvgIpc) is 2.90. The van der Waals surface area contributed by atoms with E-state index < -0.39 is 0 Å². The molecule has 0 bridgehead atoms. The molecule has 0 unspecified atom stereocenters. The van der Waals surface area contributed by atoms with Crippen LogP contribution in [0.5, 0.6) is 0 Å². The van der Waals surface area contributed by atoms with Gasteiger partial charge in [0.2, 0.25) is 0 Å². The second-order valence-electron chi connectivity index (χ2n) is 6.22. The molecule has 1 aromatic heterocycles. The number of rotatable bonds is 5. The fourth-order valence-electron chi connectivity index (χ4n) is 2.83. The van der Waals surface area contributed by atoms with Gasteiger partial charge in [-0.3, -0.25) is 4.79 Å². The second kappa shape index (κ2) is 6.29. The number of hydrogen-bond acceptors (Lipinski definition) is 2. The zero-order valence-electron chi connectivity index (χ0n) is 13.8. The third kappa shape index (κ3) is 3.14. The Morgan fingerprint density at radius 3 is 2.48 bits per heavy atom. The normalized spacial score (nSPS) is 11.1. The summed E-state index contributed by atoms with van der Waals surface area (Å²) < 4.78 is 2.00. The van der Waals surface area contributed by atoms with E-state index in [-0.39, 0.29) is 5.78 Å². The molecule has 118 valence electrons. The Bertz CT molecular complexity index is 828. The van der Waals surface area contributed by atoms with Gasteiger partial charge < -0.3 is 9.88 Å². The van der Waals surface area contributed by atoms with Gasteiger partial charge in [0, 0.05) is 35.4 Å². The highest BCUT2D eigenvalue weighted by Crippen LogP contribution is 2.21. The Labute approximate surface area is 136 Å². The van der Waals surface area contributed by atoms with Crippen LogP contribution in [0.3, 0.4) is 0 Å². The van der Waals surface area contributed by atoms with Gasteiger partial charge >= 0.3 is 0 Å². The lowest BCUT2D eigenvalue weighted by atomic mass is 10.0. The van der Waals surface area contributed by atoms with Gasteiger partial charge in [0.25, 0.3) is 0 Å². The van der Waals surface area contributed by atoms with Crippen molar-refractivity contribution in [3.8, 4) is 0 Å². The van der Waals surface area contributed by atoms with Crippen molar-refractivity contribution >= 4 is 22.4 Å². The van der Waals surface area contributed by atoms with Crippen LogP contribution in [0.1, 0.15) is 35.7 Å². The maximum Gasteiger partial charge on any atom is 0.184 e. The summed E-state index contributed by atoms with van der Waals surface area (Å²) in [5, 5.41) is 4.24. The summed E-state index contributed by atoms with van der Waals surface area (Å²) in [6.07, 6.45) is 1.91. The third-order valence-corrected chi connectivity index (χ3v) is 4.23. The van der Waals surface area contributed by atoms with Gasteiger partial charge in [-0.1, -0.05) is 44.2 Å². The van der Waals surface area contributed by atoms with Crippen molar-refractivity contribution in [2.24, 2.45) is 7.05 Å². The quantitative estimate of drug-likeness (QED) is 0.699. The third-order valence-electron chi connectivity index (χ3n) is 4.23. The van der Waals surface area contributed by atoms with Crippen molar-refractivity contribution < 1.29 is 4.79 Å². The fraction of sp³-hybridized carbons (Fsp3) is 0.250. The van der Waals surface area contributed by atoms with E-state index in [9.17, 15) is 4.79 Å². The van der Waals surface area contributed by atoms with E-state index in [4.69, 9.17) is 0 Å². The van der Waals surface area contributed by atoms with Gasteiger partial charge in [0.1, 0.15) is 0 Å². The number of aryl methyl sites for hydroxylation is 1. The highest BCUT2D eigenvalue weighted by atomic mass is 16.1. The molecule has 1 N–H and O–H groups in total. The molecule has 0 aliphatic rings. The number of carbonyl (C=O) groups is 1. The number of ketones is 1. The SMILES string of the molecule is CC(C)c1ccc(NCC(=O)c2cn(C)c3ccccc23)cc1. The number of aromatic nitrogens is 1. The highest BCUT2D eigenvalue weighted by molar-refractivity contribution is 6.09. The Hall–Kier alpha value is -2.55. The summed E-state index contributed by atoms with van der Waals surface area (Å²) in [6, 6.07) is 16.3. The number of fused-ring (bicyclic) bond motifs is 1. The number of carbonyl (C=O) groups excluding carboxylic acids is 1. The lowest BCUT2D eigenvalue weighted by Gasteiger charge is -2.08. The summed E-state index contributed by atoms with van der Waals surface area (Å²) in [5.41, 5.74) is 4.13. The van der Waals surface area contributed by atoms with Crippen molar-refractivity contribution in [2.75, 3.05) is 11.9 Å². The van der Waals surface area contributed by atoms with E-state index in [1.807, 2.05) is 54.2 Å². The fourth-order valence-corrected chi connectivity index (χ4v) is 2.83. The number of hydrogen-bond donors (Lipinski definition) is 1. The summed E-state index contributed by atoms with van der Waals surface area (Å²) in [6.45, 7) is 4.65. The molecular weight excluding hydrogens is 284 g/mol. The van der Waals surface area contributed by atoms with Gasteiger partial charge in [-0.15, -0.1) is 0 Å². The molecular formula is C20H22N2O. The van der Waals surface area contributed by atoms with Crippen LogP contribution in [-0.2, 0) is 7.05 Å². The Morgan fingerprint density at radius 2 is 1.78 bits per heavy atom. The van der Waals surface area contributed by atoms with Gasteiger partial charge in [-0.05, 0) is 29.7 Å². The van der Waals surface area contributed by atoms with Crippen LogP contribution in [-0.4, -0.2) is 16.9 Å². The first kappa shape index (κ1) is 15.3. The van der Waals surface area contributed by atoms with E-state index in [0.29, 0.717) is 12.5 Å². The standard InChI is InChI=1S/C20H22N2O/c1-14(2)15-8-10-16(11-9-15)21-12-20(23)18-13-22(3)19-7-5-4-6-17(18)19/h4-11,13-14,21H,12H2,1-3H3. The topological polar surface area (TPSA) is 34.0 Å². The molecule has 3 aromatic rings. The molecule has 0 atom stereocenters. The molecule has 23 heavy (non-hydrogen) atoms. The highest BCUT2D eigenvalue weighted by Gasteiger charge is 2.13. The maximum atomic E-state index is 12.5. The van der Waals surface area contributed by atoms with Crippen LogP contribution in [0.15, 0.2) is 54.7 Å². The molecule has 1 heterocycles. The molecule has 0 spiro atoms. The van der Waals surface area contributed by atoms with Crippen LogP contribution in [0.4, 0.5) is 5.69 Å². The van der Waals surface area contributed by atoms with Crippen molar-refractivity contribution in [2.45, 2.75) is 19.8 Å². The summed E-state index contributed by atoms with van der Waals surface area (Å²) >= 11 is 0. The summed E-state index contributed by atoms with van der Waals surface area (Å²) in [4.78, 5) is 12.5. The van der Waals surface area contributed by atoms with Crippen molar-refractivity contribution in [1.82, 2.24) is 4.57 Å². The molecule has 2 aromatic carbocycles. The molecule has 0 fully saturated rings. The number of benzene rings is 2. The minimum absolute atomic E-state index is 0.106. The first-order chi connectivity index (χ1) is 11.1. The van der Waals surface area contributed by atoms with Gasteiger partial charge in [-0.2, -0.15) is 0 Å². The molecule has 0 aliphatic heterocycles. The van der Waals surface area contributed by atoms with Gasteiger partial charge in [0.15, 0.2) is 5.78 Å². The smallest absolute Gasteiger partial charge is 0.184 e. The van der Waals surface area contributed by atoms with Crippen LogP contribution < -0.4 is 5.32 Å². The predicted octanol–water partition coefficient (Wildman–Crippen LogP) is 4.60. The molecule has 0 saturated carbocycles. The second-order valence-corrected chi connectivity index (χ2v) is 6.22. The molecule has 0 saturated heterocycles. The van der Waals surface area contributed by atoms with Gasteiger partial charge in [0.05, 0.1) is 6.54 Å². The zero-order chi connectivity index (χ0) is 16.4. The van der Waals surface area contributed by atoms with Crippen LogP contribution in [0.2, 0.25) is 0 Å². The molecule has 0 amide bonds. The van der Waals surface area contributed by atoms with Crippen molar-refractivity contribution in [1.29, 1.82) is 0 Å². The van der Waals surface area contributed by atoms with Crippen molar-refractivity contribution in [3.63, 3.8) is 0 Å². The monoisotopic (exact) mass is 306 g/mol. The summed E-state index contributed by atoms with van der Waals surface area (Å²) in [7, 11) is 1.97. The van der Waals surface area contributed by atoms with Crippen molar-refractivity contribution in [3.05, 3.63) is 65.9 Å². The van der Waals surface area contributed by atoms with Gasteiger partial charge in [-0.25, -0.2) is 0 Å². The van der Waals surface area contributed by atoms with E-state index in [0.717, 1.165) is 22.2 Å². The molecule has 0 aliphatic carbocycles. The van der Waals surface area contributed by atoms with Crippen LogP contribution >= 0.6 is 0 Å². The van der Waals surface area contributed by atoms with E-state index >= 15 is 0 Å². The number of nitrogens with zero attached hydrogens (tertiary/aromatic N) is 1. The minimum atomic E-state index is 0.106. The zero-order valence-corrected chi connectivity index (χ0v) is 13.8. The van der Waals surface area contributed by atoms with Crippen LogP contribution in [0.25, 0.3) is 10.9 Å². The Balaban J connectivity index is 1.74. The summed E-state index contributed by atoms with van der Waals surface area (Å²) in [5.74, 6) is 0.621. The molecule has 3 heteroatoms. The number of Topliss-reactive ketones (excluding diaryl/α,β-unsaturated/α-hetero) is 1. The molecule has 0 radical (unpaired) electrons.